The number of sulfonamides is 1. The van der Waals surface area contributed by atoms with Gasteiger partial charge in [-0.1, -0.05) is 6.07 Å². The predicted octanol–water partition coefficient (Wildman–Crippen LogP) is 2.33. The summed E-state index contributed by atoms with van der Waals surface area (Å²) in [5, 5.41) is 2.56. The number of carbonyl (C=O) groups excluding carboxylic acids is 1. The van der Waals surface area contributed by atoms with Crippen LogP contribution >= 0.6 is 0 Å². The maximum Gasteiger partial charge on any atom is 0.261 e. The summed E-state index contributed by atoms with van der Waals surface area (Å²) in [6, 6.07) is 12.2. The third kappa shape index (κ3) is 3.90. The van der Waals surface area contributed by atoms with Crippen molar-refractivity contribution in [3.05, 3.63) is 70.7 Å². The maximum absolute atomic E-state index is 12.5. The average Bonchev–Trinajstić information content (AvgIpc) is 3.29. The molecule has 144 valence electrons. The van der Waals surface area contributed by atoms with E-state index in [0.717, 1.165) is 12.8 Å². The fourth-order valence-corrected chi connectivity index (χ4v) is 4.01. The van der Waals surface area contributed by atoms with Gasteiger partial charge in [0.1, 0.15) is 11.3 Å². The molecule has 0 aliphatic heterocycles. The van der Waals surface area contributed by atoms with Gasteiger partial charge in [0, 0.05) is 11.7 Å². The molecule has 28 heavy (non-hydrogen) atoms. The first-order valence-corrected chi connectivity index (χ1v) is 10.1. The van der Waals surface area contributed by atoms with E-state index in [2.05, 4.69) is 15.0 Å². The Balaban J connectivity index is 1.54. The van der Waals surface area contributed by atoms with Gasteiger partial charge in [0.05, 0.1) is 16.9 Å². The van der Waals surface area contributed by atoms with E-state index in [9.17, 15) is 18.0 Å². The Morgan fingerprint density at radius 3 is 2.61 bits per heavy atom. The molecular formula is C19H17N3O5S. The molecule has 4 rings (SSSR count). The van der Waals surface area contributed by atoms with Crippen molar-refractivity contribution in [3.8, 4) is 11.5 Å². The minimum Gasteiger partial charge on any atom is -0.463 e. The molecule has 0 atom stereocenters. The van der Waals surface area contributed by atoms with Crippen molar-refractivity contribution in [1.29, 1.82) is 0 Å². The molecule has 0 saturated heterocycles. The number of aromatic amines is 1. The molecule has 1 amide bonds. The summed E-state index contributed by atoms with van der Waals surface area (Å²) < 4.78 is 32.4. The second kappa shape index (κ2) is 7.10. The van der Waals surface area contributed by atoms with Crippen LogP contribution in [0.2, 0.25) is 0 Å². The molecular weight excluding hydrogens is 382 g/mol. The molecule has 3 N–H and O–H groups in total. The van der Waals surface area contributed by atoms with Crippen LogP contribution in [0.4, 0.5) is 5.69 Å². The zero-order chi connectivity index (χ0) is 19.7. The highest BCUT2D eigenvalue weighted by molar-refractivity contribution is 7.89. The van der Waals surface area contributed by atoms with Gasteiger partial charge in [-0.3, -0.25) is 9.59 Å². The van der Waals surface area contributed by atoms with Crippen LogP contribution in [-0.4, -0.2) is 25.4 Å². The smallest absolute Gasteiger partial charge is 0.261 e. The molecule has 1 aliphatic carbocycles. The average molecular weight is 399 g/mol. The van der Waals surface area contributed by atoms with Crippen LogP contribution in [-0.2, 0) is 10.0 Å². The molecule has 1 aliphatic rings. The van der Waals surface area contributed by atoms with E-state index in [4.69, 9.17) is 4.42 Å². The second-order valence-corrected chi connectivity index (χ2v) is 8.18. The standard InChI is InChI=1S/C19H17N3O5S/c23-18(15-8-9-16(21-19(15)24)17-5-2-10-27-17)20-13-3-1-4-14(11-13)28(25,26)22-12-6-7-12/h1-5,8-12,22H,6-7H2,(H,20,23)(H,21,24). The van der Waals surface area contributed by atoms with Gasteiger partial charge in [-0.2, -0.15) is 0 Å². The largest absolute Gasteiger partial charge is 0.463 e. The summed E-state index contributed by atoms with van der Waals surface area (Å²) in [4.78, 5) is 27.4. The highest BCUT2D eigenvalue weighted by Gasteiger charge is 2.28. The maximum atomic E-state index is 12.5. The van der Waals surface area contributed by atoms with Crippen molar-refractivity contribution in [2.45, 2.75) is 23.8 Å². The lowest BCUT2D eigenvalue weighted by Crippen LogP contribution is -2.26. The van der Waals surface area contributed by atoms with E-state index >= 15 is 0 Å². The summed E-state index contributed by atoms with van der Waals surface area (Å²) >= 11 is 0. The Kier molecular flexibility index (Phi) is 4.62. The molecule has 1 saturated carbocycles. The van der Waals surface area contributed by atoms with Gasteiger partial charge in [0.15, 0.2) is 0 Å². The van der Waals surface area contributed by atoms with Gasteiger partial charge in [-0.15, -0.1) is 0 Å². The van der Waals surface area contributed by atoms with Crippen molar-refractivity contribution in [2.75, 3.05) is 5.32 Å². The predicted molar refractivity (Wildman–Crippen MR) is 103 cm³/mol. The number of rotatable bonds is 6. The van der Waals surface area contributed by atoms with Gasteiger partial charge in [0.25, 0.3) is 11.5 Å². The van der Waals surface area contributed by atoms with Crippen LogP contribution in [0.5, 0.6) is 0 Å². The van der Waals surface area contributed by atoms with Crippen molar-refractivity contribution in [3.63, 3.8) is 0 Å². The Morgan fingerprint density at radius 2 is 1.93 bits per heavy atom. The third-order valence-corrected chi connectivity index (χ3v) is 5.76. The Labute approximate surface area is 160 Å². The van der Waals surface area contributed by atoms with Gasteiger partial charge in [-0.25, -0.2) is 13.1 Å². The first kappa shape index (κ1) is 18.2. The van der Waals surface area contributed by atoms with Crippen LogP contribution in [0, 0.1) is 0 Å². The molecule has 9 heteroatoms. The number of hydrogen-bond donors (Lipinski definition) is 3. The summed E-state index contributed by atoms with van der Waals surface area (Å²) in [5.74, 6) is -0.165. The number of H-pyrrole nitrogens is 1. The first-order valence-electron chi connectivity index (χ1n) is 8.63. The fourth-order valence-electron chi connectivity index (χ4n) is 2.66. The number of anilines is 1. The minimum atomic E-state index is -3.64. The van der Waals surface area contributed by atoms with E-state index in [1.165, 1.54) is 30.5 Å². The van der Waals surface area contributed by atoms with Gasteiger partial charge in [-0.05, 0) is 55.3 Å². The molecule has 0 spiro atoms. The molecule has 0 bridgehead atoms. The number of furan rings is 1. The van der Waals surface area contributed by atoms with Crippen molar-refractivity contribution in [2.24, 2.45) is 0 Å². The summed E-state index contributed by atoms with van der Waals surface area (Å²) in [5.41, 5.74) is 0.0502. The number of pyridine rings is 1. The number of amides is 1. The van der Waals surface area contributed by atoms with Crippen LogP contribution in [0.15, 0.2) is 68.9 Å². The molecule has 1 aromatic carbocycles. The molecule has 2 heterocycles. The van der Waals surface area contributed by atoms with Crippen LogP contribution < -0.4 is 15.6 Å². The lowest BCUT2D eigenvalue weighted by atomic mass is 10.2. The first-order chi connectivity index (χ1) is 13.4. The van der Waals surface area contributed by atoms with E-state index < -0.39 is 21.5 Å². The fraction of sp³-hybridized carbons (Fsp3) is 0.158. The highest BCUT2D eigenvalue weighted by atomic mass is 32.2. The zero-order valence-electron chi connectivity index (χ0n) is 14.6. The molecule has 2 aromatic heterocycles. The number of nitrogens with one attached hydrogen (secondary N) is 3. The Morgan fingerprint density at radius 1 is 1.11 bits per heavy atom. The summed E-state index contributed by atoms with van der Waals surface area (Å²) in [7, 11) is -3.64. The Hall–Kier alpha value is -3.17. The highest BCUT2D eigenvalue weighted by Crippen LogP contribution is 2.23. The molecule has 8 nitrogen and oxygen atoms in total. The molecule has 0 radical (unpaired) electrons. The number of aromatic nitrogens is 1. The van der Waals surface area contributed by atoms with E-state index in [-0.39, 0.29) is 22.2 Å². The van der Waals surface area contributed by atoms with Crippen molar-refractivity contribution < 1.29 is 17.6 Å². The monoisotopic (exact) mass is 399 g/mol. The van der Waals surface area contributed by atoms with Crippen molar-refractivity contribution >= 4 is 21.6 Å². The van der Waals surface area contributed by atoms with Crippen LogP contribution in [0.1, 0.15) is 23.2 Å². The number of hydrogen-bond acceptors (Lipinski definition) is 5. The molecule has 0 unspecified atom stereocenters. The molecule has 1 fully saturated rings. The lowest BCUT2D eigenvalue weighted by Gasteiger charge is -2.09. The number of benzene rings is 1. The topological polar surface area (TPSA) is 121 Å². The Bertz CT molecular complexity index is 1180. The third-order valence-electron chi connectivity index (χ3n) is 4.24. The lowest BCUT2D eigenvalue weighted by molar-refractivity contribution is 0.102. The normalized spacial score (nSPS) is 14.0. The second-order valence-electron chi connectivity index (χ2n) is 6.47. The SMILES string of the molecule is O=C(Nc1cccc(S(=O)(=O)NC2CC2)c1)c1ccc(-c2ccco2)[nH]c1=O. The van der Waals surface area contributed by atoms with Crippen LogP contribution in [0.25, 0.3) is 11.5 Å². The van der Waals surface area contributed by atoms with Crippen LogP contribution in [0.3, 0.4) is 0 Å². The van der Waals surface area contributed by atoms with Gasteiger partial charge in [0.2, 0.25) is 10.0 Å². The van der Waals surface area contributed by atoms with Gasteiger partial charge < -0.3 is 14.7 Å². The summed E-state index contributed by atoms with van der Waals surface area (Å²) in [6.07, 6.45) is 3.13. The van der Waals surface area contributed by atoms with E-state index in [1.807, 2.05) is 0 Å². The summed E-state index contributed by atoms with van der Waals surface area (Å²) in [6.45, 7) is 0. The van der Waals surface area contributed by atoms with Gasteiger partial charge >= 0.3 is 0 Å². The van der Waals surface area contributed by atoms with Crippen molar-refractivity contribution in [1.82, 2.24) is 9.71 Å². The minimum absolute atomic E-state index is 0.0190. The van der Waals surface area contributed by atoms with E-state index in [0.29, 0.717) is 11.5 Å². The number of carbonyl (C=O) groups is 1. The quantitative estimate of drug-likeness (QED) is 0.587. The zero-order valence-corrected chi connectivity index (χ0v) is 15.5. The molecule has 3 aromatic rings. The van der Waals surface area contributed by atoms with E-state index in [1.54, 1.807) is 24.3 Å².